The van der Waals surface area contributed by atoms with Crippen molar-refractivity contribution < 1.29 is 9.53 Å². The standard InChI is InChI=1S/C9H12N2O2S/c1-7(6-9(12)13-2)14-8-4-3-5-10-11-8/h3-5,7H,6H2,1-2H3. The van der Waals surface area contributed by atoms with Gasteiger partial charge >= 0.3 is 5.97 Å². The lowest BCUT2D eigenvalue weighted by Gasteiger charge is -2.07. The van der Waals surface area contributed by atoms with Gasteiger partial charge in [0.2, 0.25) is 0 Å². The summed E-state index contributed by atoms with van der Waals surface area (Å²) in [4.78, 5) is 10.9. The van der Waals surface area contributed by atoms with Crippen molar-refractivity contribution in [3.8, 4) is 0 Å². The number of rotatable bonds is 4. The second kappa shape index (κ2) is 5.59. The summed E-state index contributed by atoms with van der Waals surface area (Å²) in [6, 6.07) is 3.69. The van der Waals surface area contributed by atoms with Gasteiger partial charge in [-0.25, -0.2) is 0 Å². The average molecular weight is 212 g/mol. The van der Waals surface area contributed by atoms with Crippen LogP contribution < -0.4 is 0 Å². The van der Waals surface area contributed by atoms with E-state index in [1.54, 1.807) is 6.20 Å². The molecule has 1 rings (SSSR count). The lowest BCUT2D eigenvalue weighted by atomic mass is 10.3. The van der Waals surface area contributed by atoms with E-state index in [2.05, 4.69) is 14.9 Å². The first-order chi connectivity index (χ1) is 6.72. The van der Waals surface area contributed by atoms with Crippen molar-refractivity contribution in [1.82, 2.24) is 10.2 Å². The largest absolute Gasteiger partial charge is 0.469 e. The zero-order chi connectivity index (χ0) is 10.4. The first-order valence-corrected chi connectivity index (χ1v) is 5.11. The molecule has 14 heavy (non-hydrogen) atoms. The van der Waals surface area contributed by atoms with Crippen LogP contribution >= 0.6 is 11.8 Å². The molecule has 76 valence electrons. The van der Waals surface area contributed by atoms with Crippen LogP contribution in [-0.4, -0.2) is 28.5 Å². The van der Waals surface area contributed by atoms with Crippen molar-refractivity contribution >= 4 is 17.7 Å². The van der Waals surface area contributed by atoms with Gasteiger partial charge in [-0.2, -0.15) is 5.10 Å². The molecule has 0 aliphatic carbocycles. The minimum Gasteiger partial charge on any atom is -0.469 e. The highest BCUT2D eigenvalue weighted by Crippen LogP contribution is 2.22. The fourth-order valence-electron chi connectivity index (χ4n) is 0.916. The Labute approximate surface area is 87.1 Å². The smallest absolute Gasteiger partial charge is 0.306 e. The number of hydrogen-bond donors (Lipinski definition) is 0. The predicted octanol–water partition coefficient (Wildman–Crippen LogP) is 1.52. The number of hydrogen-bond acceptors (Lipinski definition) is 5. The molecule has 0 bridgehead atoms. The van der Waals surface area contributed by atoms with Crippen LogP contribution in [0.15, 0.2) is 23.4 Å². The highest BCUT2D eigenvalue weighted by atomic mass is 32.2. The van der Waals surface area contributed by atoms with E-state index in [0.29, 0.717) is 6.42 Å². The van der Waals surface area contributed by atoms with Crippen LogP contribution in [0.5, 0.6) is 0 Å². The van der Waals surface area contributed by atoms with Crippen LogP contribution in [0.4, 0.5) is 0 Å². The highest BCUT2D eigenvalue weighted by Gasteiger charge is 2.10. The van der Waals surface area contributed by atoms with Gasteiger partial charge in [0.1, 0.15) is 5.03 Å². The van der Waals surface area contributed by atoms with Gasteiger partial charge in [0.05, 0.1) is 13.5 Å². The van der Waals surface area contributed by atoms with E-state index >= 15 is 0 Å². The van der Waals surface area contributed by atoms with Crippen LogP contribution in [0, 0.1) is 0 Å². The molecule has 1 unspecified atom stereocenters. The first kappa shape index (κ1) is 11.0. The molecule has 0 aliphatic heterocycles. The molecule has 0 radical (unpaired) electrons. The summed E-state index contributed by atoms with van der Waals surface area (Å²) in [7, 11) is 1.39. The molecule has 1 aromatic rings. The lowest BCUT2D eigenvalue weighted by molar-refractivity contribution is -0.140. The minimum absolute atomic E-state index is 0.152. The molecule has 0 saturated heterocycles. The Hall–Kier alpha value is -1.10. The third kappa shape index (κ3) is 3.74. The Morgan fingerprint density at radius 3 is 3.07 bits per heavy atom. The maximum Gasteiger partial charge on any atom is 0.306 e. The SMILES string of the molecule is COC(=O)CC(C)Sc1cccnn1. The minimum atomic E-state index is -0.200. The molecule has 0 fully saturated rings. The molecule has 4 nitrogen and oxygen atoms in total. The van der Waals surface area contributed by atoms with Gasteiger partial charge in [0.25, 0.3) is 0 Å². The summed E-state index contributed by atoms with van der Waals surface area (Å²) < 4.78 is 4.57. The molecule has 5 heteroatoms. The number of thioether (sulfide) groups is 1. The lowest BCUT2D eigenvalue weighted by Crippen LogP contribution is -2.08. The Morgan fingerprint density at radius 1 is 1.71 bits per heavy atom. The molecular formula is C9H12N2O2S. The summed E-state index contributed by atoms with van der Waals surface area (Å²) >= 11 is 1.51. The fourth-order valence-corrected chi connectivity index (χ4v) is 1.80. The summed E-state index contributed by atoms with van der Waals surface area (Å²) in [5.74, 6) is -0.200. The molecule has 1 heterocycles. The Bertz CT molecular complexity index is 292. The number of nitrogens with zero attached hydrogens (tertiary/aromatic N) is 2. The van der Waals surface area contributed by atoms with Crippen molar-refractivity contribution in [3.05, 3.63) is 18.3 Å². The second-order valence-electron chi connectivity index (χ2n) is 2.77. The number of methoxy groups -OCH3 is 1. The predicted molar refractivity (Wildman–Crippen MR) is 54.0 cm³/mol. The van der Waals surface area contributed by atoms with E-state index in [9.17, 15) is 4.79 Å². The summed E-state index contributed by atoms with van der Waals surface area (Å²) in [5.41, 5.74) is 0. The average Bonchev–Trinajstić information content (AvgIpc) is 2.19. The zero-order valence-electron chi connectivity index (χ0n) is 8.14. The molecule has 1 atom stereocenters. The van der Waals surface area contributed by atoms with Crippen LogP contribution in [-0.2, 0) is 9.53 Å². The van der Waals surface area contributed by atoms with Gasteiger partial charge < -0.3 is 4.74 Å². The Morgan fingerprint density at radius 2 is 2.50 bits per heavy atom. The van der Waals surface area contributed by atoms with Crippen LogP contribution in [0.3, 0.4) is 0 Å². The number of esters is 1. The maximum absolute atomic E-state index is 10.9. The van der Waals surface area contributed by atoms with Gasteiger partial charge in [0, 0.05) is 11.4 Å². The molecule has 0 N–H and O–H groups in total. The first-order valence-electron chi connectivity index (χ1n) is 4.23. The van der Waals surface area contributed by atoms with Gasteiger partial charge in [-0.05, 0) is 12.1 Å². The van der Waals surface area contributed by atoms with E-state index in [0.717, 1.165) is 5.03 Å². The van der Waals surface area contributed by atoms with Crippen LogP contribution in [0.2, 0.25) is 0 Å². The van der Waals surface area contributed by atoms with E-state index < -0.39 is 0 Å². The van der Waals surface area contributed by atoms with Gasteiger partial charge in [-0.15, -0.1) is 16.9 Å². The van der Waals surface area contributed by atoms with Crippen molar-refractivity contribution in [2.75, 3.05) is 7.11 Å². The van der Waals surface area contributed by atoms with E-state index in [4.69, 9.17) is 0 Å². The topological polar surface area (TPSA) is 52.1 Å². The number of ether oxygens (including phenoxy) is 1. The van der Waals surface area contributed by atoms with Crippen LogP contribution in [0.1, 0.15) is 13.3 Å². The van der Waals surface area contributed by atoms with Crippen LogP contribution in [0.25, 0.3) is 0 Å². The Balaban J connectivity index is 2.41. The highest BCUT2D eigenvalue weighted by molar-refractivity contribution is 7.99. The Kier molecular flexibility index (Phi) is 4.39. The summed E-state index contributed by atoms with van der Waals surface area (Å²) in [5, 5.41) is 8.64. The molecule has 0 saturated carbocycles. The molecule has 1 aromatic heterocycles. The van der Waals surface area contributed by atoms with Gasteiger partial charge in [0.15, 0.2) is 0 Å². The monoisotopic (exact) mass is 212 g/mol. The summed E-state index contributed by atoms with van der Waals surface area (Å²) in [6.07, 6.45) is 2.01. The second-order valence-corrected chi connectivity index (χ2v) is 4.23. The normalized spacial score (nSPS) is 12.1. The maximum atomic E-state index is 10.9. The molecule has 0 spiro atoms. The number of carbonyl (C=O) groups excluding carboxylic acids is 1. The summed E-state index contributed by atoms with van der Waals surface area (Å²) in [6.45, 7) is 1.95. The molecule has 0 aliphatic rings. The third-order valence-corrected chi connectivity index (χ3v) is 2.58. The van der Waals surface area contributed by atoms with E-state index in [1.165, 1.54) is 18.9 Å². The van der Waals surface area contributed by atoms with Crippen molar-refractivity contribution in [3.63, 3.8) is 0 Å². The van der Waals surface area contributed by atoms with Crippen molar-refractivity contribution in [2.45, 2.75) is 23.6 Å². The molecular weight excluding hydrogens is 200 g/mol. The third-order valence-electron chi connectivity index (χ3n) is 1.55. The van der Waals surface area contributed by atoms with Crippen molar-refractivity contribution in [1.29, 1.82) is 0 Å². The molecule has 0 aromatic carbocycles. The number of aromatic nitrogens is 2. The van der Waals surface area contributed by atoms with E-state index in [-0.39, 0.29) is 11.2 Å². The van der Waals surface area contributed by atoms with E-state index in [1.807, 2.05) is 19.1 Å². The molecule has 0 amide bonds. The fraction of sp³-hybridized carbons (Fsp3) is 0.444. The van der Waals surface area contributed by atoms with Gasteiger partial charge in [-0.1, -0.05) is 6.92 Å². The number of carbonyl (C=O) groups is 1. The zero-order valence-corrected chi connectivity index (χ0v) is 8.95. The quantitative estimate of drug-likeness (QED) is 0.559. The van der Waals surface area contributed by atoms with Crippen molar-refractivity contribution in [2.24, 2.45) is 0 Å². The van der Waals surface area contributed by atoms with Gasteiger partial charge in [-0.3, -0.25) is 4.79 Å².